The summed E-state index contributed by atoms with van der Waals surface area (Å²) in [5.41, 5.74) is 3.30. The van der Waals surface area contributed by atoms with Gasteiger partial charge in [-0.1, -0.05) is 0 Å². The molecule has 2 heterocycles. The highest BCUT2D eigenvalue weighted by Gasteiger charge is 2.10. The van der Waals surface area contributed by atoms with Gasteiger partial charge in [-0.3, -0.25) is 4.68 Å². The Kier molecular flexibility index (Phi) is 7.78. The van der Waals surface area contributed by atoms with Crippen LogP contribution in [0.15, 0.2) is 4.99 Å². The van der Waals surface area contributed by atoms with E-state index in [2.05, 4.69) is 32.9 Å². The van der Waals surface area contributed by atoms with Crippen LogP contribution in [-0.2, 0) is 31.9 Å². The maximum Gasteiger partial charge on any atom is 0.191 e. The van der Waals surface area contributed by atoms with Crippen molar-refractivity contribution in [2.75, 3.05) is 19.8 Å². The van der Waals surface area contributed by atoms with Gasteiger partial charge < -0.3 is 19.9 Å². The summed E-state index contributed by atoms with van der Waals surface area (Å²) in [6.07, 6.45) is 0.919. The highest BCUT2D eigenvalue weighted by molar-refractivity contribution is 5.79. The molecule has 9 nitrogen and oxygen atoms in total. The number of aryl methyl sites for hydroxylation is 3. The van der Waals surface area contributed by atoms with Crippen molar-refractivity contribution in [2.24, 2.45) is 19.1 Å². The zero-order chi connectivity index (χ0) is 19.8. The molecular formula is C18H32N8O. The summed E-state index contributed by atoms with van der Waals surface area (Å²) >= 11 is 0. The molecule has 2 aromatic rings. The second-order valence-electron chi connectivity index (χ2n) is 6.49. The number of aliphatic imine (C=N–C) groups is 1. The summed E-state index contributed by atoms with van der Waals surface area (Å²) in [6, 6.07) is 0. The Balaban J connectivity index is 2.02. The molecule has 0 atom stereocenters. The van der Waals surface area contributed by atoms with Crippen LogP contribution in [0.4, 0.5) is 0 Å². The molecule has 0 unspecified atom stereocenters. The summed E-state index contributed by atoms with van der Waals surface area (Å²) in [6.45, 7) is 11.4. The van der Waals surface area contributed by atoms with Gasteiger partial charge in [-0.2, -0.15) is 5.10 Å². The first-order valence-electron chi connectivity index (χ1n) is 9.37. The molecule has 2 rings (SSSR count). The van der Waals surface area contributed by atoms with E-state index in [1.807, 2.05) is 44.1 Å². The Bertz CT molecular complexity index is 762. The number of hydrogen-bond acceptors (Lipinski definition) is 5. The van der Waals surface area contributed by atoms with E-state index < -0.39 is 0 Å². The van der Waals surface area contributed by atoms with Gasteiger partial charge in [-0.15, -0.1) is 10.2 Å². The lowest BCUT2D eigenvalue weighted by Gasteiger charge is -2.13. The molecule has 150 valence electrons. The van der Waals surface area contributed by atoms with E-state index in [4.69, 9.17) is 9.73 Å². The fourth-order valence-electron chi connectivity index (χ4n) is 2.67. The molecule has 2 N–H and O–H groups in total. The SMILES string of the molecule is CCOCCCNC(=NCc1c(C)nn(C)c1C)NCc1nnc(C)n1C. The Morgan fingerprint density at radius 3 is 2.52 bits per heavy atom. The molecular weight excluding hydrogens is 344 g/mol. The molecule has 0 aliphatic rings. The molecule has 0 amide bonds. The van der Waals surface area contributed by atoms with E-state index in [1.54, 1.807) is 0 Å². The number of nitrogens with one attached hydrogen (secondary N) is 2. The summed E-state index contributed by atoms with van der Waals surface area (Å²) in [5, 5.41) is 19.5. The standard InChI is InChI=1S/C18H32N8O/c1-7-27-10-8-9-19-18(21-12-17-23-22-15(4)25(17)5)20-11-16-13(2)24-26(6)14(16)3/h7-12H2,1-6H3,(H2,19,20,21). The third-order valence-corrected chi connectivity index (χ3v) is 4.61. The maximum absolute atomic E-state index is 5.39. The molecule has 0 aliphatic heterocycles. The van der Waals surface area contributed by atoms with Crippen LogP contribution >= 0.6 is 0 Å². The molecule has 0 spiro atoms. The molecule has 2 aromatic heterocycles. The second kappa shape index (κ2) is 10.1. The van der Waals surface area contributed by atoms with Gasteiger partial charge in [0.25, 0.3) is 0 Å². The average Bonchev–Trinajstić information content (AvgIpc) is 3.08. The van der Waals surface area contributed by atoms with E-state index >= 15 is 0 Å². The maximum atomic E-state index is 5.39. The Morgan fingerprint density at radius 2 is 1.93 bits per heavy atom. The Hall–Kier alpha value is -2.42. The zero-order valence-electron chi connectivity index (χ0n) is 17.3. The van der Waals surface area contributed by atoms with Crippen LogP contribution in [0.1, 0.15) is 41.9 Å². The molecule has 0 fully saturated rings. The first-order valence-corrected chi connectivity index (χ1v) is 9.37. The topological polar surface area (TPSA) is 94.2 Å². The molecule has 9 heteroatoms. The monoisotopic (exact) mass is 376 g/mol. The molecule has 0 aliphatic carbocycles. The first kappa shape index (κ1) is 20.9. The number of hydrogen-bond donors (Lipinski definition) is 2. The summed E-state index contributed by atoms with van der Waals surface area (Å²) in [4.78, 5) is 4.74. The lowest BCUT2D eigenvalue weighted by atomic mass is 10.2. The van der Waals surface area contributed by atoms with E-state index in [1.165, 1.54) is 0 Å². The van der Waals surface area contributed by atoms with Crippen LogP contribution in [0.2, 0.25) is 0 Å². The fourth-order valence-corrected chi connectivity index (χ4v) is 2.67. The molecule has 0 bridgehead atoms. The molecule has 0 saturated carbocycles. The smallest absolute Gasteiger partial charge is 0.191 e. The van der Waals surface area contributed by atoms with Crippen molar-refractivity contribution in [2.45, 2.75) is 47.2 Å². The fraction of sp³-hybridized carbons (Fsp3) is 0.667. The molecule has 0 aromatic carbocycles. The quantitative estimate of drug-likeness (QED) is 0.387. The molecule has 27 heavy (non-hydrogen) atoms. The van der Waals surface area contributed by atoms with Crippen molar-refractivity contribution in [3.8, 4) is 0 Å². The van der Waals surface area contributed by atoms with Crippen molar-refractivity contribution in [3.63, 3.8) is 0 Å². The van der Waals surface area contributed by atoms with Crippen LogP contribution in [-0.4, -0.2) is 50.3 Å². The van der Waals surface area contributed by atoms with E-state index in [0.29, 0.717) is 13.1 Å². The van der Waals surface area contributed by atoms with Gasteiger partial charge in [0.1, 0.15) is 5.82 Å². The first-order chi connectivity index (χ1) is 12.9. The van der Waals surface area contributed by atoms with E-state index in [9.17, 15) is 0 Å². The van der Waals surface area contributed by atoms with Gasteiger partial charge in [0, 0.05) is 45.1 Å². The Morgan fingerprint density at radius 1 is 1.15 bits per heavy atom. The van der Waals surface area contributed by atoms with Crippen LogP contribution in [0.5, 0.6) is 0 Å². The second-order valence-corrected chi connectivity index (χ2v) is 6.49. The van der Waals surface area contributed by atoms with Crippen molar-refractivity contribution in [1.29, 1.82) is 0 Å². The van der Waals surface area contributed by atoms with Gasteiger partial charge in [-0.05, 0) is 34.1 Å². The van der Waals surface area contributed by atoms with Crippen molar-refractivity contribution in [3.05, 3.63) is 28.6 Å². The predicted octanol–water partition coefficient (Wildman–Crippen LogP) is 1.14. The van der Waals surface area contributed by atoms with Crippen molar-refractivity contribution >= 4 is 5.96 Å². The number of aromatic nitrogens is 5. The van der Waals surface area contributed by atoms with Crippen molar-refractivity contribution < 1.29 is 4.74 Å². The van der Waals surface area contributed by atoms with Crippen LogP contribution in [0.3, 0.4) is 0 Å². The third kappa shape index (κ3) is 5.78. The van der Waals surface area contributed by atoms with Crippen LogP contribution in [0, 0.1) is 20.8 Å². The van der Waals surface area contributed by atoms with Gasteiger partial charge in [0.05, 0.1) is 18.8 Å². The van der Waals surface area contributed by atoms with Crippen LogP contribution in [0.25, 0.3) is 0 Å². The number of ether oxygens (including phenoxy) is 1. The lowest BCUT2D eigenvalue weighted by Crippen LogP contribution is -2.38. The van der Waals surface area contributed by atoms with Gasteiger partial charge >= 0.3 is 0 Å². The zero-order valence-corrected chi connectivity index (χ0v) is 17.3. The molecule has 0 saturated heterocycles. The van der Waals surface area contributed by atoms with E-state index in [0.717, 1.165) is 60.7 Å². The number of nitrogens with zero attached hydrogens (tertiary/aromatic N) is 6. The largest absolute Gasteiger partial charge is 0.382 e. The minimum atomic E-state index is 0.555. The highest BCUT2D eigenvalue weighted by Crippen LogP contribution is 2.12. The minimum Gasteiger partial charge on any atom is -0.382 e. The minimum absolute atomic E-state index is 0.555. The predicted molar refractivity (Wildman–Crippen MR) is 106 cm³/mol. The van der Waals surface area contributed by atoms with Gasteiger partial charge in [-0.25, -0.2) is 4.99 Å². The Labute approximate surface area is 161 Å². The average molecular weight is 377 g/mol. The third-order valence-electron chi connectivity index (χ3n) is 4.61. The highest BCUT2D eigenvalue weighted by atomic mass is 16.5. The number of guanidine groups is 1. The van der Waals surface area contributed by atoms with Crippen molar-refractivity contribution in [1.82, 2.24) is 35.2 Å². The summed E-state index contributed by atoms with van der Waals surface area (Å²) in [5.74, 6) is 2.50. The summed E-state index contributed by atoms with van der Waals surface area (Å²) < 4.78 is 9.26. The van der Waals surface area contributed by atoms with E-state index in [-0.39, 0.29) is 0 Å². The summed E-state index contributed by atoms with van der Waals surface area (Å²) in [7, 11) is 3.91. The normalized spacial score (nSPS) is 11.9. The number of rotatable bonds is 9. The van der Waals surface area contributed by atoms with Gasteiger partial charge in [0.2, 0.25) is 0 Å². The van der Waals surface area contributed by atoms with Gasteiger partial charge in [0.15, 0.2) is 11.8 Å². The van der Waals surface area contributed by atoms with Crippen LogP contribution < -0.4 is 10.6 Å². The lowest BCUT2D eigenvalue weighted by molar-refractivity contribution is 0.145. The molecule has 0 radical (unpaired) electrons.